The van der Waals surface area contributed by atoms with Crippen LogP contribution in [-0.4, -0.2) is 200 Å². The van der Waals surface area contributed by atoms with Crippen LogP contribution in [0.3, 0.4) is 0 Å². The van der Waals surface area contributed by atoms with E-state index in [1.807, 2.05) is 0 Å². The Morgan fingerprint density at radius 1 is 0.608 bits per heavy atom. The third-order valence-corrected chi connectivity index (χ3v) is 20.8. The maximum atomic E-state index is 15.3. The minimum absolute atomic E-state index is 0.110. The van der Waals surface area contributed by atoms with Gasteiger partial charge in [0.2, 0.25) is 6.29 Å². The van der Waals surface area contributed by atoms with E-state index in [9.17, 15) is 55.9 Å². The molecule has 21 nitrogen and oxygen atoms in total. The SMILES string of the molecule is COC(=O)C1OC(OC2CCC3(C)C(CCC4(C)C3CC=C3C5CC(C)(C)CCC5(C(=O)OC5OCC(O)C(O)C5OC5OC(C)C(OC6OCC(O)C(O)C6O)C(O)C5O)CCC34C)C2(C)C)C(O)C(O)C1O. The Kier molecular flexibility index (Phi) is 15.5. The van der Waals surface area contributed by atoms with Crippen LogP contribution in [0, 0.1) is 50.2 Å². The van der Waals surface area contributed by atoms with Crippen molar-refractivity contribution in [3.8, 4) is 0 Å². The van der Waals surface area contributed by atoms with Gasteiger partial charge in [-0.05, 0) is 116 Å². The molecule has 0 spiro atoms. The van der Waals surface area contributed by atoms with Gasteiger partial charge in [-0.1, -0.05) is 60.1 Å². The summed E-state index contributed by atoms with van der Waals surface area (Å²) in [7, 11) is 1.15. The summed E-state index contributed by atoms with van der Waals surface area (Å²) in [5.41, 5.74) is -0.868. The van der Waals surface area contributed by atoms with Crippen LogP contribution < -0.4 is 0 Å². The highest BCUT2D eigenvalue weighted by molar-refractivity contribution is 5.79. The number of carbonyl (C=O) groups is 2. The van der Waals surface area contributed by atoms with Crippen LogP contribution in [0.2, 0.25) is 0 Å². The van der Waals surface area contributed by atoms with Gasteiger partial charge in [0, 0.05) is 0 Å². The standard InChI is InChI=1S/C53H84O21/c1-23-39(71-43-36(61)31(56)26(54)21-67-43)35(60)38(63)44(69-23)73-41-32(57)27(55)22-68-46(41)74-47(65)53-18-16-48(2,3)20-25(53)24-10-11-29-50(6)14-13-30(70-45-37(62)33(58)34(59)40(72-45)42(64)66-9)49(4,5)28(50)12-15-52(29,8)51(24,7)17-19-53/h10,23,25-41,43-46,54-63H,11-22H2,1-9H3. The molecule has 8 fully saturated rings. The molecule has 26 atom stereocenters. The van der Waals surface area contributed by atoms with E-state index < -0.39 is 139 Å². The van der Waals surface area contributed by atoms with Gasteiger partial charge in [-0.25, -0.2) is 4.79 Å². The molecule has 0 aromatic rings. The third-order valence-electron chi connectivity index (χ3n) is 20.8. The third kappa shape index (κ3) is 9.14. The number of methoxy groups -OCH3 is 1. The minimum Gasteiger partial charge on any atom is -0.467 e. The number of fused-ring (bicyclic) bond motifs is 7. The predicted molar refractivity (Wildman–Crippen MR) is 254 cm³/mol. The van der Waals surface area contributed by atoms with Crippen molar-refractivity contribution in [1.29, 1.82) is 0 Å². The molecule has 0 radical (unpaired) electrons. The quantitative estimate of drug-likeness (QED) is 0.0852. The maximum absolute atomic E-state index is 15.3. The average Bonchev–Trinajstić information content (AvgIpc) is 3.35. The molecule has 10 N–H and O–H groups in total. The molecule has 9 rings (SSSR count). The fourth-order valence-electron chi connectivity index (χ4n) is 16.0. The number of aliphatic hydroxyl groups is 10. The highest BCUT2D eigenvalue weighted by Gasteiger charge is 2.70. The van der Waals surface area contributed by atoms with Gasteiger partial charge in [0.15, 0.2) is 31.1 Å². The lowest BCUT2D eigenvalue weighted by atomic mass is 9.33. The fraction of sp³-hybridized carbons (Fsp3) is 0.925. The van der Waals surface area contributed by atoms with Gasteiger partial charge < -0.3 is 93.7 Å². The van der Waals surface area contributed by atoms with E-state index in [0.717, 1.165) is 45.6 Å². The van der Waals surface area contributed by atoms with Gasteiger partial charge in [0.1, 0.15) is 67.1 Å². The van der Waals surface area contributed by atoms with Crippen LogP contribution in [0.1, 0.15) is 120 Å². The summed E-state index contributed by atoms with van der Waals surface area (Å²) in [5.74, 6) is -1.15. The lowest BCUT2D eigenvalue weighted by Crippen LogP contribution is -2.66. The first-order valence-electron chi connectivity index (χ1n) is 26.9. The Bertz CT molecular complexity index is 2090. The molecule has 422 valence electrons. The van der Waals surface area contributed by atoms with Crippen LogP contribution in [-0.2, 0) is 52.2 Å². The molecule has 4 heterocycles. The lowest BCUT2D eigenvalue weighted by Gasteiger charge is -2.71. The first kappa shape index (κ1) is 56.7. The van der Waals surface area contributed by atoms with Crippen molar-refractivity contribution in [3.05, 3.63) is 11.6 Å². The van der Waals surface area contributed by atoms with E-state index in [1.165, 1.54) is 12.5 Å². The number of carbonyl (C=O) groups excluding carboxylic acids is 2. The predicted octanol–water partition coefficient (Wildman–Crippen LogP) is 0.451. The molecule has 26 unspecified atom stereocenters. The van der Waals surface area contributed by atoms with Gasteiger partial charge >= 0.3 is 11.9 Å². The van der Waals surface area contributed by atoms with Crippen molar-refractivity contribution in [1.82, 2.24) is 0 Å². The lowest BCUT2D eigenvalue weighted by molar-refractivity contribution is -0.368. The average molecular weight is 1060 g/mol. The second kappa shape index (κ2) is 20.3. The summed E-state index contributed by atoms with van der Waals surface area (Å²) in [6.07, 6.45) is -18.5. The van der Waals surface area contributed by atoms with Crippen LogP contribution in [0.5, 0.6) is 0 Å². The number of aliphatic hydroxyl groups excluding tert-OH is 10. The van der Waals surface area contributed by atoms with Gasteiger partial charge in [0.25, 0.3) is 0 Å². The van der Waals surface area contributed by atoms with Crippen LogP contribution in [0.15, 0.2) is 11.6 Å². The zero-order valence-corrected chi connectivity index (χ0v) is 44.2. The number of hydrogen-bond donors (Lipinski definition) is 10. The van der Waals surface area contributed by atoms with Crippen LogP contribution in [0.25, 0.3) is 0 Å². The van der Waals surface area contributed by atoms with E-state index in [2.05, 4.69) is 54.5 Å². The molecule has 4 saturated carbocycles. The molecule has 0 amide bonds. The summed E-state index contributed by atoms with van der Waals surface area (Å²) in [5, 5.41) is 108. The van der Waals surface area contributed by atoms with Crippen molar-refractivity contribution in [2.24, 2.45) is 50.2 Å². The highest BCUT2D eigenvalue weighted by atomic mass is 16.8. The Hall–Kier alpha value is -2.00. The normalized spacial score (nSPS) is 53.0. The number of hydrogen-bond acceptors (Lipinski definition) is 21. The van der Waals surface area contributed by atoms with Gasteiger partial charge in [-0.3, -0.25) is 4.79 Å². The number of allylic oxidation sites excluding steroid dienone is 2. The van der Waals surface area contributed by atoms with Crippen molar-refractivity contribution in [2.75, 3.05) is 20.3 Å². The summed E-state index contributed by atoms with van der Waals surface area (Å²) < 4.78 is 52.6. The molecule has 0 aromatic carbocycles. The Morgan fingerprint density at radius 2 is 1.22 bits per heavy atom. The molecular formula is C53H84O21. The molecule has 0 aromatic heterocycles. The Labute approximate surface area is 432 Å². The summed E-state index contributed by atoms with van der Waals surface area (Å²) in [6.45, 7) is 16.8. The molecule has 9 aliphatic rings. The molecule has 74 heavy (non-hydrogen) atoms. The summed E-state index contributed by atoms with van der Waals surface area (Å²) in [6, 6.07) is 0. The summed E-state index contributed by atoms with van der Waals surface area (Å²) >= 11 is 0. The van der Waals surface area contributed by atoms with Crippen molar-refractivity contribution < 1.29 is 103 Å². The number of ether oxygens (including phenoxy) is 9. The Balaban J connectivity index is 0.927. The molecule has 5 aliphatic carbocycles. The molecule has 21 heteroatoms. The highest BCUT2D eigenvalue weighted by Crippen LogP contribution is 2.76. The molecule has 4 saturated heterocycles. The largest absolute Gasteiger partial charge is 0.467 e. The number of rotatable bonds is 9. The van der Waals surface area contributed by atoms with E-state index in [-0.39, 0.29) is 52.6 Å². The van der Waals surface area contributed by atoms with E-state index in [0.29, 0.717) is 25.7 Å². The van der Waals surface area contributed by atoms with Crippen molar-refractivity contribution >= 4 is 11.9 Å². The molecular weight excluding hydrogens is 973 g/mol. The van der Waals surface area contributed by atoms with Crippen molar-refractivity contribution in [3.63, 3.8) is 0 Å². The van der Waals surface area contributed by atoms with E-state index in [4.69, 9.17) is 42.6 Å². The number of esters is 2. The second-order valence-electron chi connectivity index (χ2n) is 25.6. The smallest absolute Gasteiger partial charge is 0.337 e. The first-order valence-corrected chi connectivity index (χ1v) is 26.9. The van der Waals surface area contributed by atoms with Crippen LogP contribution in [0.4, 0.5) is 0 Å². The second-order valence-corrected chi connectivity index (χ2v) is 25.6. The minimum atomic E-state index is -1.83. The zero-order chi connectivity index (χ0) is 54.0. The molecule has 4 aliphatic heterocycles. The van der Waals surface area contributed by atoms with Gasteiger partial charge in [-0.2, -0.15) is 0 Å². The topological polar surface area (TPSA) is 320 Å². The van der Waals surface area contributed by atoms with Gasteiger partial charge in [0.05, 0.1) is 37.9 Å². The van der Waals surface area contributed by atoms with E-state index in [1.54, 1.807) is 0 Å². The fourth-order valence-corrected chi connectivity index (χ4v) is 16.0. The summed E-state index contributed by atoms with van der Waals surface area (Å²) in [4.78, 5) is 27.8. The van der Waals surface area contributed by atoms with Crippen LogP contribution >= 0.6 is 0 Å². The van der Waals surface area contributed by atoms with Gasteiger partial charge in [-0.15, -0.1) is 0 Å². The Morgan fingerprint density at radius 3 is 1.91 bits per heavy atom. The molecule has 0 bridgehead atoms. The first-order chi connectivity index (χ1) is 34.6. The van der Waals surface area contributed by atoms with Crippen molar-refractivity contribution in [2.45, 2.75) is 236 Å². The van der Waals surface area contributed by atoms with E-state index >= 15 is 4.79 Å². The maximum Gasteiger partial charge on any atom is 0.337 e. The monoisotopic (exact) mass is 1060 g/mol. The zero-order valence-electron chi connectivity index (χ0n) is 44.2.